The molecule has 118 valence electrons. The van der Waals surface area contributed by atoms with Crippen LogP contribution in [-0.4, -0.2) is 43.0 Å². The van der Waals surface area contributed by atoms with Crippen molar-refractivity contribution in [1.29, 1.82) is 0 Å². The molecule has 0 radical (unpaired) electrons. The van der Waals surface area contributed by atoms with Crippen LogP contribution >= 0.6 is 11.3 Å². The second-order valence-corrected chi connectivity index (χ2v) is 6.73. The molecule has 4 nitrogen and oxygen atoms in total. The van der Waals surface area contributed by atoms with Gasteiger partial charge in [-0.25, -0.2) is 4.98 Å². The lowest BCUT2D eigenvalue weighted by Crippen LogP contribution is -2.31. The van der Waals surface area contributed by atoms with Crippen molar-refractivity contribution >= 4 is 17.2 Å². The maximum Gasteiger partial charge on any atom is 0.270 e. The van der Waals surface area contributed by atoms with E-state index in [1.807, 2.05) is 24.4 Å². The van der Waals surface area contributed by atoms with Crippen molar-refractivity contribution in [1.82, 2.24) is 15.2 Å². The van der Waals surface area contributed by atoms with Crippen LogP contribution in [0.5, 0.6) is 0 Å². The molecule has 0 aliphatic heterocycles. The molecule has 2 aromatic rings. The van der Waals surface area contributed by atoms with E-state index in [0.29, 0.717) is 18.2 Å². The van der Waals surface area contributed by atoms with Crippen molar-refractivity contribution in [3.8, 4) is 10.6 Å². The molecule has 22 heavy (non-hydrogen) atoms. The minimum Gasteiger partial charge on any atom is -0.349 e. The zero-order valence-electron chi connectivity index (χ0n) is 13.6. The molecule has 0 aliphatic carbocycles. The Bertz CT molecular complexity index is 617. The summed E-state index contributed by atoms with van der Waals surface area (Å²) in [5, 5.41) is 5.58. The van der Waals surface area contributed by atoms with Gasteiger partial charge in [0.1, 0.15) is 10.7 Å². The van der Waals surface area contributed by atoms with Gasteiger partial charge in [-0.15, -0.1) is 11.3 Å². The maximum absolute atomic E-state index is 12.0. The molecule has 0 aliphatic rings. The van der Waals surface area contributed by atoms with Crippen LogP contribution < -0.4 is 5.32 Å². The van der Waals surface area contributed by atoms with Gasteiger partial charge in [-0.05, 0) is 25.6 Å². The van der Waals surface area contributed by atoms with Crippen LogP contribution in [0.4, 0.5) is 0 Å². The van der Waals surface area contributed by atoms with E-state index in [1.165, 1.54) is 16.9 Å². The third-order valence-electron chi connectivity index (χ3n) is 3.41. The minimum absolute atomic E-state index is 0.108. The number of benzene rings is 1. The number of carbonyl (C=O) groups excluding carboxylic acids is 1. The summed E-state index contributed by atoms with van der Waals surface area (Å²) >= 11 is 1.50. The number of thiazole rings is 1. The summed E-state index contributed by atoms with van der Waals surface area (Å²) in [4.78, 5) is 18.5. The molecular formula is C17H23N3OS. The van der Waals surface area contributed by atoms with Crippen LogP contribution in [0.2, 0.25) is 0 Å². The summed E-state index contributed by atoms with van der Waals surface area (Å²) in [7, 11) is 3.96. The number of carbonyl (C=O) groups is 1. The highest BCUT2D eigenvalue weighted by atomic mass is 32.1. The monoisotopic (exact) mass is 317 g/mol. The minimum atomic E-state index is -0.108. The van der Waals surface area contributed by atoms with Gasteiger partial charge in [-0.1, -0.05) is 38.1 Å². The van der Waals surface area contributed by atoms with Gasteiger partial charge in [0, 0.05) is 24.0 Å². The smallest absolute Gasteiger partial charge is 0.270 e. The number of nitrogens with one attached hydrogen (secondary N) is 1. The van der Waals surface area contributed by atoms with Gasteiger partial charge in [0.05, 0.1) is 0 Å². The lowest BCUT2D eigenvalue weighted by Gasteiger charge is -2.09. The first kappa shape index (κ1) is 16.6. The summed E-state index contributed by atoms with van der Waals surface area (Å²) < 4.78 is 0. The summed E-state index contributed by atoms with van der Waals surface area (Å²) in [6.07, 6.45) is 0. The van der Waals surface area contributed by atoms with Gasteiger partial charge in [-0.2, -0.15) is 0 Å². The highest BCUT2D eigenvalue weighted by molar-refractivity contribution is 7.13. The van der Waals surface area contributed by atoms with Crippen LogP contribution in [-0.2, 0) is 0 Å². The molecule has 0 spiro atoms. The lowest BCUT2D eigenvalue weighted by molar-refractivity contribution is 0.0947. The number of likely N-dealkylation sites (N-methyl/N-ethyl adjacent to an activating group) is 1. The molecule has 0 bridgehead atoms. The van der Waals surface area contributed by atoms with Crippen molar-refractivity contribution in [2.24, 2.45) is 0 Å². The number of aromatic nitrogens is 1. The predicted octanol–water partition coefficient (Wildman–Crippen LogP) is 3.22. The van der Waals surface area contributed by atoms with Crippen molar-refractivity contribution < 1.29 is 4.79 Å². The Kier molecular flexibility index (Phi) is 5.69. The third-order valence-corrected chi connectivity index (χ3v) is 4.30. The second-order valence-electron chi connectivity index (χ2n) is 5.87. The highest BCUT2D eigenvalue weighted by Crippen LogP contribution is 2.25. The first-order chi connectivity index (χ1) is 10.5. The van der Waals surface area contributed by atoms with Crippen LogP contribution in [0.15, 0.2) is 29.6 Å². The van der Waals surface area contributed by atoms with E-state index < -0.39 is 0 Å². The normalized spacial score (nSPS) is 11.2. The molecule has 1 amide bonds. The molecule has 0 fully saturated rings. The molecule has 0 atom stereocenters. The van der Waals surface area contributed by atoms with Crippen molar-refractivity contribution in [2.45, 2.75) is 19.8 Å². The molecular weight excluding hydrogens is 294 g/mol. The molecule has 1 heterocycles. The van der Waals surface area contributed by atoms with Gasteiger partial charge in [-0.3, -0.25) is 4.79 Å². The number of amides is 1. The van der Waals surface area contributed by atoms with Crippen molar-refractivity contribution in [3.05, 3.63) is 40.9 Å². The molecule has 1 aromatic carbocycles. The van der Waals surface area contributed by atoms with E-state index in [0.717, 1.165) is 17.1 Å². The van der Waals surface area contributed by atoms with Crippen molar-refractivity contribution in [3.63, 3.8) is 0 Å². The third kappa shape index (κ3) is 4.39. The fraction of sp³-hybridized carbons (Fsp3) is 0.412. The molecule has 1 N–H and O–H groups in total. The van der Waals surface area contributed by atoms with Crippen LogP contribution in [0.25, 0.3) is 10.6 Å². The highest BCUT2D eigenvalue weighted by Gasteiger charge is 2.11. The Morgan fingerprint density at radius 1 is 1.27 bits per heavy atom. The summed E-state index contributed by atoms with van der Waals surface area (Å²) in [5.41, 5.74) is 2.86. The molecule has 1 aromatic heterocycles. The Morgan fingerprint density at radius 3 is 2.55 bits per heavy atom. The van der Waals surface area contributed by atoms with Crippen LogP contribution in [0.3, 0.4) is 0 Å². The topological polar surface area (TPSA) is 45.2 Å². The van der Waals surface area contributed by atoms with Gasteiger partial charge in [0.25, 0.3) is 5.91 Å². The lowest BCUT2D eigenvalue weighted by atomic mass is 10.0. The van der Waals surface area contributed by atoms with E-state index in [-0.39, 0.29) is 5.91 Å². The summed E-state index contributed by atoms with van der Waals surface area (Å²) in [5.74, 6) is 0.409. The average molecular weight is 317 g/mol. The first-order valence-corrected chi connectivity index (χ1v) is 8.34. The van der Waals surface area contributed by atoms with E-state index >= 15 is 0 Å². The summed E-state index contributed by atoms with van der Waals surface area (Å²) in [6, 6.07) is 8.39. The van der Waals surface area contributed by atoms with Crippen molar-refractivity contribution in [2.75, 3.05) is 27.2 Å². The fourth-order valence-electron chi connectivity index (χ4n) is 2.00. The SMILES string of the molecule is CC(C)c1ccc(-c2nc(C(=O)NCCN(C)C)cs2)cc1. The van der Waals surface area contributed by atoms with E-state index in [1.54, 1.807) is 0 Å². The van der Waals surface area contributed by atoms with E-state index in [4.69, 9.17) is 0 Å². The van der Waals surface area contributed by atoms with Gasteiger partial charge in [0.15, 0.2) is 0 Å². The Morgan fingerprint density at radius 2 is 1.95 bits per heavy atom. The molecule has 0 saturated heterocycles. The largest absolute Gasteiger partial charge is 0.349 e. The Labute approximate surface area is 136 Å². The number of rotatable bonds is 6. The van der Waals surface area contributed by atoms with Gasteiger partial charge in [0.2, 0.25) is 0 Å². The van der Waals surface area contributed by atoms with E-state index in [9.17, 15) is 4.79 Å². The first-order valence-electron chi connectivity index (χ1n) is 7.46. The number of nitrogens with zero attached hydrogens (tertiary/aromatic N) is 2. The van der Waals surface area contributed by atoms with E-state index in [2.05, 4.69) is 48.4 Å². The maximum atomic E-state index is 12.0. The second kappa shape index (κ2) is 7.51. The molecule has 2 rings (SSSR count). The zero-order chi connectivity index (χ0) is 16.1. The van der Waals surface area contributed by atoms with Gasteiger partial charge >= 0.3 is 0 Å². The average Bonchev–Trinajstić information content (AvgIpc) is 2.96. The van der Waals surface area contributed by atoms with Gasteiger partial charge < -0.3 is 10.2 Å². The predicted molar refractivity (Wildman–Crippen MR) is 92.5 cm³/mol. The fourth-order valence-corrected chi connectivity index (χ4v) is 2.81. The van der Waals surface area contributed by atoms with Crippen LogP contribution in [0.1, 0.15) is 35.8 Å². The zero-order valence-corrected chi connectivity index (χ0v) is 14.4. The summed E-state index contributed by atoms with van der Waals surface area (Å²) in [6.45, 7) is 5.80. The molecule has 0 saturated carbocycles. The number of hydrogen-bond donors (Lipinski definition) is 1. The number of hydrogen-bond acceptors (Lipinski definition) is 4. The Hall–Kier alpha value is -1.72. The Balaban J connectivity index is 2.02. The molecule has 0 unspecified atom stereocenters. The quantitative estimate of drug-likeness (QED) is 0.890. The molecule has 5 heteroatoms. The standard InChI is InChI=1S/C17H23N3OS/c1-12(2)13-5-7-14(8-6-13)17-19-15(11-22-17)16(21)18-9-10-20(3)4/h5-8,11-12H,9-10H2,1-4H3,(H,18,21). The van der Waals surface area contributed by atoms with Crippen LogP contribution in [0, 0.1) is 0 Å².